The first-order chi connectivity index (χ1) is 8.86. The molecule has 0 saturated carbocycles. The predicted molar refractivity (Wildman–Crippen MR) is 72.4 cm³/mol. The van der Waals surface area contributed by atoms with Crippen molar-refractivity contribution in [2.24, 2.45) is 5.92 Å². The highest BCUT2D eigenvalue weighted by Crippen LogP contribution is 2.11. The second-order valence-corrected chi connectivity index (χ2v) is 6.19. The molecule has 106 valence electrons. The van der Waals surface area contributed by atoms with Crippen LogP contribution in [0.25, 0.3) is 0 Å². The van der Waals surface area contributed by atoms with Crippen molar-refractivity contribution in [2.75, 3.05) is 6.54 Å². The molecule has 0 bridgehead atoms. The van der Waals surface area contributed by atoms with Crippen LogP contribution in [-0.2, 0) is 21.2 Å². The molecule has 2 N–H and O–H groups in total. The Balaban J connectivity index is 2.62. The fraction of sp³-hybridized carbons (Fsp3) is 0.462. The molecule has 5 nitrogen and oxygen atoms in total. The van der Waals surface area contributed by atoms with E-state index in [1.54, 1.807) is 31.2 Å². The summed E-state index contributed by atoms with van der Waals surface area (Å²) in [5.41, 5.74) is 1.07. The van der Waals surface area contributed by atoms with E-state index in [2.05, 4.69) is 4.72 Å². The van der Waals surface area contributed by atoms with Crippen LogP contribution in [0, 0.1) is 5.92 Å². The van der Waals surface area contributed by atoms with E-state index in [1.165, 1.54) is 0 Å². The van der Waals surface area contributed by atoms with E-state index in [4.69, 9.17) is 5.11 Å². The van der Waals surface area contributed by atoms with Gasteiger partial charge in [0, 0.05) is 6.54 Å². The average molecular weight is 285 g/mol. The number of carboxylic acids is 1. The van der Waals surface area contributed by atoms with Crippen LogP contribution in [0.2, 0.25) is 0 Å². The number of carboxylic acid groups (broad SMARTS) is 1. The van der Waals surface area contributed by atoms with Gasteiger partial charge >= 0.3 is 5.97 Å². The smallest absolute Gasteiger partial charge is 0.306 e. The van der Waals surface area contributed by atoms with Crippen molar-refractivity contribution in [1.82, 2.24) is 4.72 Å². The molecule has 0 amide bonds. The average Bonchev–Trinajstić information content (AvgIpc) is 2.38. The van der Waals surface area contributed by atoms with Crippen molar-refractivity contribution < 1.29 is 18.3 Å². The van der Waals surface area contributed by atoms with Crippen molar-refractivity contribution in [3.8, 4) is 0 Å². The molecule has 0 saturated heterocycles. The van der Waals surface area contributed by atoms with E-state index in [9.17, 15) is 13.2 Å². The summed E-state index contributed by atoms with van der Waals surface area (Å²) >= 11 is 0. The quantitative estimate of drug-likeness (QED) is 0.797. The third kappa shape index (κ3) is 4.65. The second-order valence-electron chi connectivity index (χ2n) is 4.42. The highest BCUT2D eigenvalue weighted by Gasteiger charge is 2.15. The molecule has 1 aromatic carbocycles. The lowest BCUT2D eigenvalue weighted by Crippen LogP contribution is -2.27. The number of carbonyl (C=O) groups is 1. The van der Waals surface area contributed by atoms with Gasteiger partial charge in [-0.2, -0.15) is 0 Å². The van der Waals surface area contributed by atoms with Gasteiger partial charge in [-0.3, -0.25) is 4.79 Å². The van der Waals surface area contributed by atoms with Crippen molar-refractivity contribution in [1.29, 1.82) is 0 Å². The molecule has 1 atom stereocenters. The van der Waals surface area contributed by atoms with Crippen LogP contribution in [0.15, 0.2) is 29.2 Å². The predicted octanol–water partition coefficient (Wildman–Crippen LogP) is 1.64. The number of hydrogen-bond donors (Lipinski definition) is 2. The maximum absolute atomic E-state index is 11.9. The van der Waals surface area contributed by atoms with Gasteiger partial charge in [0.05, 0.1) is 10.8 Å². The largest absolute Gasteiger partial charge is 0.481 e. The standard InChI is InChI=1S/C13H19NO4S/c1-3-11-4-6-12(7-5-11)19(17,18)14-9-8-10(2)13(15)16/h4-7,10,14H,3,8-9H2,1-2H3,(H,15,16). The SMILES string of the molecule is CCc1ccc(S(=O)(=O)NCCC(C)C(=O)O)cc1. The van der Waals surface area contributed by atoms with E-state index in [0.29, 0.717) is 0 Å². The monoisotopic (exact) mass is 285 g/mol. The molecule has 0 heterocycles. The van der Waals surface area contributed by atoms with Crippen LogP contribution in [0.5, 0.6) is 0 Å². The maximum atomic E-state index is 11.9. The minimum Gasteiger partial charge on any atom is -0.481 e. The van der Waals surface area contributed by atoms with Crippen LogP contribution in [0.1, 0.15) is 25.8 Å². The summed E-state index contributed by atoms with van der Waals surface area (Å²) in [5, 5.41) is 8.71. The lowest BCUT2D eigenvalue weighted by atomic mass is 10.1. The molecule has 0 aliphatic carbocycles. The Hall–Kier alpha value is -1.40. The topological polar surface area (TPSA) is 83.5 Å². The van der Waals surface area contributed by atoms with Crippen LogP contribution >= 0.6 is 0 Å². The summed E-state index contributed by atoms with van der Waals surface area (Å²) in [5.74, 6) is -1.49. The maximum Gasteiger partial charge on any atom is 0.306 e. The van der Waals surface area contributed by atoms with Crippen molar-refractivity contribution in [2.45, 2.75) is 31.6 Å². The minimum atomic E-state index is -3.55. The fourth-order valence-electron chi connectivity index (χ4n) is 1.52. The molecule has 0 spiro atoms. The first-order valence-electron chi connectivity index (χ1n) is 6.18. The van der Waals surface area contributed by atoms with Gasteiger partial charge in [-0.25, -0.2) is 13.1 Å². The van der Waals surface area contributed by atoms with Gasteiger partial charge in [0.1, 0.15) is 0 Å². The van der Waals surface area contributed by atoms with Gasteiger partial charge < -0.3 is 5.11 Å². The Morgan fingerprint density at radius 2 is 1.89 bits per heavy atom. The van der Waals surface area contributed by atoms with Gasteiger partial charge in [0.25, 0.3) is 0 Å². The number of hydrogen-bond acceptors (Lipinski definition) is 3. The Morgan fingerprint density at radius 1 is 1.32 bits per heavy atom. The van der Waals surface area contributed by atoms with Crippen LogP contribution in [0.4, 0.5) is 0 Å². The van der Waals surface area contributed by atoms with Gasteiger partial charge in [0.2, 0.25) is 10.0 Å². The van der Waals surface area contributed by atoms with Crippen LogP contribution < -0.4 is 4.72 Å². The number of aryl methyl sites for hydroxylation is 1. The highest BCUT2D eigenvalue weighted by molar-refractivity contribution is 7.89. The first-order valence-corrected chi connectivity index (χ1v) is 7.66. The van der Waals surface area contributed by atoms with Crippen LogP contribution in [0.3, 0.4) is 0 Å². The molecule has 0 radical (unpaired) electrons. The summed E-state index contributed by atoms with van der Waals surface area (Å²) in [6.07, 6.45) is 1.12. The second kappa shape index (κ2) is 6.68. The van der Waals surface area contributed by atoms with Crippen LogP contribution in [-0.4, -0.2) is 26.0 Å². The summed E-state index contributed by atoms with van der Waals surface area (Å²) in [4.78, 5) is 10.8. The molecule has 1 unspecified atom stereocenters. The zero-order valence-corrected chi connectivity index (χ0v) is 11.9. The Labute approximate surface area is 113 Å². The summed E-state index contributed by atoms with van der Waals surface area (Å²) in [7, 11) is -3.55. The normalized spacial score (nSPS) is 13.2. The number of nitrogens with one attached hydrogen (secondary N) is 1. The van der Waals surface area contributed by atoms with Crippen molar-refractivity contribution in [3.63, 3.8) is 0 Å². The fourth-order valence-corrected chi connectivity index (χ4v) is 2.57. The highest BCUT2D eigenvalue weighted by atomic mass is 32.2. The number of aliphatic carboxylic acids is 1. The molecule has 0 aliphatic heterocycles. The first kappa shape index (κ1) is 15.7. The van der Waals surface area contributed by atoms with E-state index in [-0.39, 0.29) is 17.9 Å². The molecular formula is C13H19NO4S. The third-order valence-electron chi connectivity index (χ3n) is 2.93. The lowest BCUT2D eigenvalue weighted by molar-refractivity contribution is -0.141. The summed E-state index contributed by atoms with van der Waals surface area (Å²) < 4.78 is 26.3. The summed E-state index contributed by atoms with van der Waals surface area (Å²) in [6.45, 7) is 3.66. The third-order valence-corrected chi connectivity index (χ3v) is 4.41. The molecular weight excluding hydrogens is 266 g/mol. The van der Waals surface area contributed by atoms with E-state index < -0.39 is 21.9 Å². The molecule has 0 aliphatic rings. The minimum absolute atomic E-state index is 0.116. The van der Waals surface area contributed by atoms with E-state index in [1.807, 2.05) is 6.92 Å². The Morgan fingerprint density at radius 3 is 2.37 bits per heavy atom. The van der Waals surface area contributed by atoms with E-state index in [0.717, 1.165) is 12.0 Å². The van der Waals surface area contributed by atoms with E-state index >= 15 is 0 Å². The number of benzene rings is 1. The molecule has 1 aromatic rings. The van der Waals surface area contributed by atoms with Gasteiger partial charge in [-0.1, -0.05) is 26.0 Å². The molecule has 6 heteroatoms. The van der Waals surface area contributed by atoms with Gasteiger partial charge in [-0.05, 0) is 30.5 Å². The molecule has 0 fully saturated rings. The zero-order chi connectivity index (χ0) is 14.5. The Kier molecular flexibility index (Phi) is 5.50. The summed E-state index contributed by atoms with van der Waals surface area (Å²) in [6, 6.07) is 6.66. The Bertz CT molecular complexity index is 522. The van der Waals surface area contributed by atoms with Gasteiger partial charge in [0.15, 0.2) is 0 Å². The van der Waals surface area contributed by atoms with Crippen molar-refractivity contribution in [3.05, 3.63) is 29.8 Å². The molecule has 0 aromatic heterocycles. The van der Waals surface area contributed by atoms with Crippen molar-refractivity contribution >= 4 is 16.0 Å². The molecule has 1 rings (SSSR count). The molecule has 19 heavy (non-hydrogen) atoms. The number of rotatable bonds is 7. The zero-order valence-electron chi connectivity index (χ0n) is 11.1. The van der Waals surface area contributed by atoms with Gasteiger partial charge in [-0.15, -0.1) is 0 Å². The lowest BCUT2D eigenvalue weighted by Gasteiger charge is -2.09. The number of sulfonamides is 1.